The summed E-state index contributed by atoms with van der Waals surface area (Å²) in [6.07, 6.45) is 3.50. The van der Waals surface area contributed by atoms with E-state index in [4.69, 9.17) is 9.84 Å². The summed E-state index contributed by atoms with van der Waals surface area (Å²) in [7, 11) is 0. The number of carboxylic acids is 1. The van der Waals surface area contributed by atoms with Gasteiger partial charge in [-0.25, -0.2) is 4.79 Å². The fourth-order valence-corrected chi connectivity index (χ4v) is 5.33. The van der Waals surface area contributed by atoms with Gasteiger partial charge >= 0.3 is 12.1 Å². The van der Waals surface area contributed by atoms with E-state index in [2.05, 4.69) is 22.8 Å². The standard InChI is InChI=1S/C26H28N2O5/c29-23(30)11-10-21(24(31)28-22-14-26(22)12-5-13-26)27-25(32)33-15-20-18-8-3-1-6-16(18)17-7-2-4-9-19(17)20/h1-4,6-9,20-22H,5,10-15H2,(H,27,32)(H,28,31)(H,29,30). The minimum absolute atomic E-state index is 0.0189. The van der Waals surface area contributed by atoms with Gasteiger partial charge in [0, 0.05) is 18.4 Å². The zero-order valence-corrected chi connectivity index (χ0v) is 18.4. The van der Waals surface area contributed by atoms with Crippen molar-refractivity contribution in [2.45, 2.75) is 56.5 Å². The predicted molar refractivity (Wildman–Crippen MR) is 122 cm³/mol. The SMILES string of the molecule is O=C(O)CCC(NC(=O)OCC1c2ccccc2-c2ccccc21)C(=O)NC1CC12CCC2. The van der Waals surface area contributed by atoms with E-state index in [-0.39, 0.29) is 42.7 Å². The van der Waals surface area contributed by atoms with Crippen LogP contribution in [0.4, 0.5) is 4.79 Å². The fourth-order valence-electron chi connectivity index (χ4n) is 5.33. The van der Waals surface area contributed by atoms with Crippen LogP contribution in [0.1, 0.15) is 55.6 Å². The van der Waals surface area contributed by atoms with E-state index in [1.54, 1.807) is 0 Å². The second-order valence-electron chi connectivity index (χ2n) is 9.44. The number of fused-ring (bicyclic) bond motifs is 3. The number of carbonyl (C=O) groups excluding carboxylic acids is 2. The van der Waals surface area contributed by atoms with Gasteiger partial charge in [-0.2, -0.15) is 0 Å². The number of alkyl carbamates (subject to hydrolysis) is 1. The maximum absolute atomic E-state index is 12.8. The Balaban J connectivity index is 1.22. The van der Waals surface area contributed by atoms with Crippen molar-refractivity contribution < 1.29 is 24.2 Å². The summed E-state index contributed by atoms with van der Waals surface area (Å²) in [6, 6.07) is 15.3. The fraction of sp³-hybridized carbons (Fsp3) is 0.423. The molecule has 2 unspecified atom stereocenters. The first kappa shape index (κ1) is 21.5. The second-order valence-corrected chi connectivity index (χ2v) is 9.44. The summed E-state index contributed by atoms with van der Waals surface area (Å²) >= 11 is 0. The molecular formula is C26H28N2O5. The number of nitrogens with one attached hydrogen (secondary N) is 2. The molecule has 1 spiro atoms. The van der Waals surface area contributed by atoms with Crippen LogP contribution < -0.4 is 10.6 Å². The molecule has 0 aromatic heterocycles. The van der Waals surface area contributed by atoms with Gasteiger partial charge in [0.05, 0.1) is 0 Å². The summed E-state index contributed by atoms with van der Waals surface area (Å²) in [5, 5.41) is 14.7. The molecule has 7 heteroatoms. The highest BCUT2D eigenvalue weighted by atomic mass is 16.5. The van der Waals surface area contributed by atoms with Crippen molar-refractivity contribution in [1.82, 2.24) is 10.6 Å². The van der Waals surface area contributed by atoms with Crippen LogP contribution in [0, 0.1) is 5.41 Å². The Labute approximate surface area is 192 Å². The smallest absolute Gasteiger partial charge is 0.407 e. The Morgan fingerprint density at radius 3 is 2.21 bits per heavy atom. The Bertz CT molecular complexity index is 1050. The quantitative estimate of drug-likeness (QED) is 0.570. The molecule has 0 bridgehead atoms. The minimum Gasteiger partial charge on any atom is -0.481 e. The van der Waals surface area contributed by atoms with E-state index >= 15 is 0 Å². The lowest BCUT2D eigenvalue weighted by atomic mass is 9.81. The van der Waals surface area contributed by atoms with Gasteiger partial charge in [0.2, 0.25) is 5.91 Å². The molecule has 3 aliphatic rings. The van der Waals surface area contributed by atoms with Crippen LogP contribution in [-0.4, -0.2) is 41.8 Å². The molecule has 0 saturated heterocycles. The van der Waals surface area contributed by atoms with Gasteiger partial charge in [0.25, 0.3) is 0 Å². The third-order valence-electron chi connectivity index (χ3n) is 7.45. The summed E-state index contributed by atoms with van der Waals surface area (Å²) in [5.41, 5.74) is 4.72. The van der Waals surface area contributed by atoms with Crippen LogP contribution in [-0.2, 0) is 14.3 Å². The Hall–Kier alpha value is -3.35. The summed E-state index contributed by atoms with van der Waals surface area (Å²) < 4.78 is 5.54. The molecule has 0 heterocycles. The molecule has 172 valence electrons. The molecule has 7 nitrogen and oxygen atoms in total. The zero-order chi connectivity index (χ0) is 23.0. The van der Waals surface area contributed by atoms with Crippen LogP contribution in [0.3, 0.4) is 0 Å². The first-order valence-corrected chi connectivity index (χ1v) is 11.6. The lowest BCUT2D eigenvalue weighted by Crippen LogP contribution is -2.48. The highest BCUT2D eigenvalue weighted by molar-refractivity contribution is 5.87. The maximum Gasteiger partial charge on any atom is 0.407 e. The third kappa shape index (κ3) is 4.19. The van der Waals surface area contributed by atoms with Crippen molar-refractivity contribution in [3.63, 3.8) is 0 Å². The van der Waals surface area contributed by atoms with E-state index < -0.39 is 18.1 Å². The van der Waals surface area contributed by atoms with Crippen LogP contribution in [0.5, 0.6) is 0 Å². The Morgan fingerprint density at radius 2 is 1.67 bits per heavy atom. The molecule has 2 fully saturated rings. The third-order valence-corrected chi connectivity index (χ3v) is 7.45. The number of carboxylic acid groups (broad SMARTS) is 1. The van der Waals surface area contributed by atoms with Crippen molar-refractivity contribution >= 4 is 18.0 Å². The normalized spacial score (nSPS) is 20.2. The van der Waals surface area contributed by atoms with Crippen molar-refractivity contribution in [3.8, 4) is 11.1 Å². The molecule has 0 aliphatic heterocycles. The molecule has 2 aromatic rings. The molecule has 0 radical (unpaired) electrons. The van der Waals surface area contributed by atoms with Gasteiger partial charge in [0.1, 0.15) is 12.6 Å². The van der Waals surface area contributed by atoms with Crippen LogP contribution in [0.25, 0.3) is 11.1 Å². The number of aliphatic carboxylic acids is 1. The lowest BCUT2D eigenvalue weighted by Gasteiger charge is -2.27. The predicted octanol–water partition coefficient (Wildman–Crippen LogP) is 3.82. The first-order chi connectivity index (χ1) is 16.0. The average molecular weight is 449 g/mol. The van der Waals surface area contributed by atoms with Crippen LogP contribution in [0.15, 0.2) is 48.5 Å². The lowest BCUT2D eigenvalue weighted by molar-refractivity contribution is -0.137. The highest BCUT2D eigenvalue weighted by Gasteiger charge is 2.58. The highest BCUT2D eigenvalue weighted by Crippen LogP contribution is 2.60. The van der Waals surface area contributed by atoms with E-state index in [0.29, 0.717) is 0 Å². The Kier molecular flexibility index (Phi) is 5.56. The molecule has 3 N–H and O–H groups in total. The van der Waals surface area contributed by atoms with Gasteiger partial charge in [0.15, 0.2) is 0 Å². The summed E-state index contributed by atoms with van der Waals surface area (Å²) in [5.74, 6) is -1.43. The van der Waals surface area contributed by atoms with Crippen molar-refractivity contribution in [2.75, 3.05) is 6.61 Å². The molecular weight excluding hydrogens is 420 g/mol. The molecule has 3 aliphatic carbocycles. The second kappa shape index (κ2) is 8.54. The van der Waals surface area contributed by atoms with Gasteiger partial charge in [-0.1, -0.05) is 55.0 Å². The molecule has 33 heavy (non-hydrogen) atoms. The number of amides is 2. The average Bonchev–Trinajstić information content (AvgIpc) is 3.43. The number of benzene rings is 2. The van der Waals surface area contributed by atoms with Crippen molar-refractivity contribution in [2.24, 2.45) is 5.41 Å². The van der Waals surface area contributed by atoms with Crippen LogP contribution >= 0.6 is 0 Å². The number of hydrogen-bond acceptors (Lipinski definition) is 4. The zero-order valence-electron chi connectivity index (χ0n) is 18.4. The number of rotatable bonds is 8. The van der Waals surface area contributed by atoms with Crippen molar-refractivity contribution in [1.29, 1.82) is 0 Å². The van der Waals surface area contributed by atoms with Gasteiger partial charge in [-0.3, -0.25) is 9.59 Å². The van der Waals surface area contributed by atoms with Crippen LogP contribution in [0.2, 0.25) is 0 Å². The molecule has 2 aromatic carbocycles. The first-order valence-electron chi connectivity index (χ1n) is 11.6. The largest absolute Gasteiger partial charge is 0.481 e. The number of carbonyl (C=O) groups is 3. The molecule has 2 atom stereocenters. The van der Waals surface area contributed by atoms with E-state index in [9.17, 15) is 14.4 Å². The van der Waals surface area contributed by atoms with E-state index in [0.717, 1.165) is 41.5 Å². The summed E-state index contributed by atoms with van der Waals surface area (Å²) in [4.78, 5) is 36.5. The van der Waals surface area contributed by atoms with Gasteiger partial charge < -0.3 is 20.5 Å². The maximum atomic E-state index is 12.8. The molecule has 2 saturated carbocycles. The van der Waals surface area contributed by atoms with Gasteiger partial charge in [-0.15, -0.1) is 0 Å². The van der Waals surface area contributed by atoms with E-state index in [1.807, 2.05) is 36.4 Å². The monoisotopic (exact) mass is 448 g/mol. The number of ether oxygens (including phenoxy) is 1. The summed E-state index contributed by atoms with van der Waals surface area (Å²) in [6.45, 7) is 0.138. The molecule has 2 amide bonds. The minimum atomic E-state index is -1.01. The van der Waals surface area contributed by atoms with Crippen molar-refractivity contribution in [3.05, 3.63) is 59.7 Å². The van der Waals surface area contributed by atoms with Gasteiger partial charge in [-0.05, 0) is 53.4 Å². The molecule has 5 rings (SSSR count). The van der Waals surface area contributed by atoms with E-state index in [1.165, 1.54) is 6.42 Å². The Morgan fingerprint density at radius 1 is 1.03 bits per heavy atom. The number of hydrogen-bond donors (Lipinski definition) is 3. The topological polar surface area (TPSA) is 105 Å².